The van der Waals surface area contributed by atoms with Gasteiger partial charge in [-0.05, 0) is 52.8 Å². The number of halogens is 1. The van der Waals surface area contributed by atoms with Gasteiger partial charge in [0.2, 0.25) is 11.8 Å². The fourth-order valence-corrected chi connectivity index (χ4v) is 3.74. The fraction of sp³-hybridized carbons (Fsp3) is 0.600. The third-order valence-corrected chi connectivity index (χ3v) is 5.14. The molecule has 1 N–H and O–H groups in total. The van der Waals surface area contributed by atoms with Crippen LogP contribution in [0.4, 0.5) is 0 Å². The summed E-state index contributed by atoms with van der Waals surface area (Å²) in [5.41, 5.74) is 1.21. The minimum atomic E-state index is 0.0320. The first kappa shape index (κ1) is 17.4. The normalized spacial score (nSPS) is 14.9. The van der Waals surface area contributed by atoms with E-state index in [0.717, 1.165) is 36.3 Å². The molecule has 1 fully saturated rings. The number of carbonyl (C=O) groups is 2. The number of amides is 2. The molecule has 1 saturated heterocycles. The van der Waals surface area contributed by atoms with Gasteiger partial charge in [-0.2, -0.15) is 0 Å². The molecule has 122 valence electrons. The molecule has 0 aliphatic carbocycles. The summed E-state index contributed by atoms with van der Waals surface area (Å²) in [6, 6.07) is 2.08. The summed E-state index contributed by atoms with van der Waals surface area (Å²) >= 11 is 5.09. The van der Waals surface area contributed by atoms with Gasteiger partial charge >= 0.3 is 0 Å². The van der Waals surface area contributed by atoms with E-state index in [-0.39, 0.29) is 11.8 Å². The van der Waals surface area contributed by atoms with E-state index in [2.05, 4.69) is 32.7 Å². The number of likely N-dealkylation sites (N-methyl/N-ethyl adjacent to an activating group) is 1. The van der Waals surface area contributed by atoms with E-state index in [1.807, 2.05) is 16.8 Å². The maximum atomic E-state index is 11.9. The van der Waals surface area contributed by atoms with Crippen LogP contribution in [0.1, 0.15) is 24.8 Å². The van der Waals surface area contributed by atoms with Crippen LogP contribution >= 0.6 is 27.3 Å². The van der Waals surface area contributed by atoms with Gasteiger partial charge in [-0.25, -0.2) is 0 Å². The predicted molar refractivity (Wildman–Crippen MR) is 91.8 cm³/mol. The minimum Gasteiger partial charge on any atom is -0.355 e. The lowest BCUT2D eigenvalue weighted by molar-refractivity contribution is -0.127. The van der Waals surface area contributed by atoms with Crippen LogP contribution in [0.5, 0.6) is 0 Å². The SMILES string of the molecule is CN(CC(=O)NCCCN1CCCC1=O)Cc1csc(Br)c1. The Morgan fingerprint density at radius 1 is 1.55 bits per heavy atom. The highest BCUT2D eigenvalue weighted by Gasteiger charge is 2.19. The Morgan fingerprint density at radius 3 is 3.00 bits per heavy atom. The zero-order valence-corrected chi connectivity index (χ0v) is 15.2. The lowest BCUT2D eigenvalue weighted by atomic mass is 10.3. The molecular formula is C15H22BrN3O2S. The van der Waals surface area contributed by atoms with Crippen LogP contribution in [0.3, 0.4) is 0 Å². The second kappa shape index (κ2) is 8.64. The molecular weight excluding hydrogens is 366 g/mol. The molecule has 22 heavy (non-hydrogen) atoms. The average Bonchev–Trinajstić information content (AvgIpc) is 3.04. The van der Waals surface area contributed by atoms with E-state index in [9.17, 15) is 9.59 Å². The molecule has 5 nitrogen and oxygen atoms in total. The molecule has 0 radical (unpaired) electrons. The molecule has 7 heteroatoms. The van der Waals surface area contributed by atoms with Crippen LogP contribution in [0.25, 0.3) is 0 Å². The Kier molecular flexibility index (Phi) is 6.85. The molecule has 1 aromatic heterocycles. The van der Waals surface area contributed by atoms with Gasteiger partial charge in [-0.15, -0.1) is 11.3 Å². The van der Waals surface area contributed by atoms with E-state index in [1.165, 1.54) is 5.56 Å². The van der Waals surface area contributed by atoms with Crippen molar-refractivity contribution in [3.8, 4) is 0 Å². The van der Waals surface area contributed by atoms with Gasteiger partial charge in [-0.1, -0.05) is 0 Å². The summed E-state index contributed by atoms with van der Waals surface area (Å²) in [7, 11) is 1.94. The minimum absolute atomic E-state index is 0.0320. The van der Waals surface area contributed by atoms with Gasteiger partial charge < -0.3 is 10.2 Å². The van der Waals surface area contributed by atoms with E-state index in [0.29, 0.717) is 19.5 Å². The van der Waals surface area contributed by atoms with Crippen LogP contribution in [0, 0.1) is 0 Å². The lowest BCUT2D eigenvalue weighted by Crippen LogP contribution is -2.36. The van der Waals surface area contributed by atoms with Crippen molar-refractivity contribution in [1.29, 1.82) is 0 Å². The maximum Gasteiger partial charge on any atom is 0.234 e. The van der Waals surface area contributed by atoms with Crippen LogP contribution in [-0.2, 0) is 16.1 Å². The molecule has 2 rings (SSSR count). The van der Waals surface area contributed by atoms with Crippen molar-refractivity contribution >= 4 is 39.1 Å². The Hall–Kier alpha value is -0.920. The van der Waals surface area contributed by atoms with Crippen molar-refractivity contribution in [3.63, 3.8) is 0 Å². The quantitative estimate of drug-likeness (QED) is 0.694. The monoisotopic (exact) mass is 387 g/mol. The Morgan fingerprint density at radius 2 is 2.36 bits per heavy atom. The van der Waals surface area contributed by atoms with E-state index < -0.39 is 0 Å². The molecule has 0 saturated carbocycles. The first-order chi connectivity index (χ1) is 10.5. The van der Waals surface area contributed by atoms with Crippen molar-refractivity contribution in [2.45, 2.75) is 25.8 Å². The van der Waals surface area contributed by atoms with Crippen molar-refractivity contribution in [3.05, 3.63) is 20.8 Å². The highest BCUT2D eigenvalue weighted by molar-refractivity contribution is 9.11. The lowest BCUT2D eigenvalue weighted by Gasteiger charge is -2.17. The van der Waals surface area contributed by atoms with Crippen LogP contribution in [0.2, 0.25) is 0 Å². The first-order valence-electron chi connectivity index (χ1n) is 7.50. The van der Waals surface area contributed by atoms with Crippen LogP contribution < -0.4 is 5.32 Å². The molecule has 1 aliphatic rings. The summed E-state index contributed by atoms with van der Waals surface area (Å²) in [4.78, 5) is 27.2. The molecule has 0 bridgehead atoms. The summed E-state index contributed by atoms with van der Waals surface area (Å²) in [6.07, 6.45) is 2.46. The Balaban J connectivity index is 1.58. The summed E-state index contributed by atoms with van der Waals surface area (Å²) in [5.74, 6) is 0.275. The number of carbonyl (C=O) groups excluding carboxylic acids is 2. The number of likely N-dealkylation sites (tertiary alicyclic amines) is 1. The van der Waals surface area contributed by atoms with Crippen molar-refractivity contribution in [2.24, 2.45) is 0 Å². The first-order valence-corrected chi connectivity index (χ1v) is 9.18. The largest absolute Gasteiger partial charge is 0.355 e. The second-order valence-electron chi connectivity index (χ2n) is 5.62. The summed E-state index contributed by atoms with van der Waals surface area (Å²) in [5, 5.41) is 5.01. The number of hydrogen-bond donors (Lipinski definition) is 1. The number of thiophene rings is 1. The highest BCUT2D eigenvalue weighted by Crippen LogP contribution is 2.21. The number of nitrogens with one attached hydrogen (secondary N) is 1. The van der Waals surface area contributed by atoms with E-state index in [4.69, 9.17) is 0 Å². The maximum absolute atomic E-state index is 11.9. The number of nitrogens with zero attached hydrogens (tertiary/aromatic N) is 2. The van der Waals surface area contributed by atoms with Gasteiger partial charge in [0.05, 0.1) is 10.3 Å². The molecule has 0 unspecified atom stereocenters. The summed E-state index contributed by atoms with van der Waals surface area (Å²) in [6.45, 7) is 3.39. The molecule has 1 aromatic rings. The van der Waals surface area contributed by atoms with Gasteiger partial charge in [0.25, 0.3) is 0 Å². The Bertz CT molecular complexity index is 521. The molecule has 0 atom stereocenters. The number of rotatable bonds is 8. The fourth-order valence-electron chi connectivity index (χ4n) is 2.54. The van der Waals surface area contributed by atoms with Crippen LogP contribution in [-0.4, -0.2) is 54.8 Å². The van der Waals surface area contributed by atoms with Gasteiger partial charge in [0.15, 0.2) is 0 Å². The third kappa shape index (κ3) is 5.70. The van der Waals surface area contributed by atoms with E-state index in [1.54, 1.807) is 11.3 Å². The van der Waals surface area contributed by atoms with Gasteiger partial charge in [0, 0.05) is 32.6 Å². The standard InChI is InChI=1S/C15H22BrN3O2S/c1-18(9-12-8-13(16)22-11-12)10-14(20)17-5-3-7-19-6-2-4-15(19)21/h8,11H,2-7,9-10H2,1H3,(H,17,20). The van der Waals surface area contributed by atoms with Gasteiger partial charge in [-0.3, -0.25) is 14.5 Å². The zero-order chi connectivity index (χ0) is 15.9. The second-order valence-corrected chi connectivity index (χ2v) is 7.91. The summed E-state index contributed by atoms with van der Waals surface area (Å²) < 4.78 is 1.11. The zero-order valence-electron chi connectivity index (χ0n) is 12.8. The van der Waals surface area contributed by atoms with Gasteiger partial charge in [0.1, 0.15) is 0 Å². The van der Waals surface area contributed by atoms with Crippen LogP contribution in [0.15, 0.2) is 15.2 Å². The topological polar surface area (TPSA) is 52.7 Å². The van der Waals surface area contributed by atoms with Crippen molar-refractivity contribution in [2.75, 3.05) is 33.2 Å². The Labute approximate surface area is 143 Å². The third-order valence-electron chi connectivity index (χ3n) is 3.59. The molecule has 0 spiro atoms. The highest BCUT2D eigenvalue weighted by atomic mass is 79.9. The molecule has 0 aromatic carbocycles. The van der Waals surface area contributed by atoms with Crippen molar-refractivity contribution in [1.82, 2.24) is 15.1 Å². The smallest absolute Gasteiger partial charge is 0.234 e. The molecule has 2 heterocycles. The number of hydrogen-bond acceptors (Lipinski definition) is 4. The average molecular weight is 388 g/mol. The molecule has 1 aliphatic heterocycles. The van der Waals surface area contributed by atoms with E-state index >= 15 is 0 Å². The van der Waals surface area contributed by atoms with Crippen molar-refractivity contribution < 1.29 is 9.59 Å². The predicted octanol–water partition coefficient (Wildman–Crippen LogP) is 2.07. The molecule has 2 amide bonds.